The molecule has 0 fully saturated rings. The van der Waals surface area contributed by atoms with Crippen molar-refractivity contribution in [3.05, 3.63) is 57.5 Å². The van der Waals surface area contributed by atoms with Gasteiger partial charge in [-0.1, -0.05) is 34.8 Å². The van der Waals surface area contributed by atoms with Crippen molar-refractivity contribution in [2.75, 3.05) is 18.4 Å². The molecule has 0 aliphatic heterocycles. The predicted octanol–water partition coefficient (Wildman–Crippen LogP) is 3.75. The van der Waals surface area contributed by atoms with Crippen LogP contribution in [0.3, 0.4) is 0 Å². The van der Waals surface area contributed by atoms with E-state index < -0.39 is 16.1 Å². The zero-order valence-corrected chi connectivity index (χ0v) is 15.8. The lowest BCUT2D eigenvalue weighted by molar-refractivity contribution is 0.252. The number of hydrogen-bond acceptors (Lipinski definition) is 3. The van der Waals surface area contributed by atoms with E-state index in [4.69, 9.17) is 34.8 Å². The maximum absolute atomic E-state index is 12.0. The van der Waals surface area contributed by atoms with Gasteiger partial charge in [-0.2, -0.15) is 0 Å². The van der Waals surface area contributed by atoms with Crippen molar-refractivity contribution in [2.45, 2.75) is 4.90 Å². The maximum Gasteiger partial charge on any atom is 0.319 e. The molecule has 25 heavy (non-hydrogen) atoms. The Morgan fingerprint density at radius 2 is 1.60 bits per heavy atom. The average Bonchev–Trinajstić information content (AvgIpc) is 2.55. The Hall–Kier alpha value is -1.51. The normalized spacial score (nSPS) is 11.2. The number of nitrogens with one attached hydrogen (secondary N) is 3. The van der Waals surface area contributed by atoms with Gasteiger partial charge < -0.3 is 10.6 Å². The lowest BCUT2D eigenvalue weighted by Crippen LogP contribution is -2.36. The molecule has 0 aliphatic rings. The van der Waals surface area contributed by atoms with Gasteiger partial charge in [-0.15, -0.1) is 0 Å². The molecule has 0 aliphatic carbocycles. The Morgan fingerprint density at radius 1 is 0.920 bits per heavy atom. The van der Waals surface area contributed by atoms with Crippen molar-refractivity contribution in [1.29, 1.82) is 0 Å². The monoisotopic (exact) mass is 421 g/mol. The van der Waals surface area contributed by atoms with Crippen LogP contribution < -0.4 is 15.4 Å². The smallest absolute Gasteiger partial charge is 0.319 e. The Bertz CT molecular complexity index is 858. The van der Waals surface area contributed by atoms with E-state index >= 15 is 0 Å². The third-order valence-corrected chi connectivity index (χ3v) is 5.47. The number of carbonyl (C=O) groups excluding carboxylic acids is 1. The van der Waals surface area contributed by atoms with E-state index in [-0.39, 0.29) is 18.0 Å². The molecule has 0 spiro atoms. The van der Waals surface area contributed by atoms with Crippen LogP contribution in [0.5, 0.6) is 0 Å². The molecule has 6 nitrogen and oxygen atoms in total. The van der Waals surface area contributed by atoms with Crippen LogP contribution in [-0.4, -0.2) is 27.5 Å². The van der Waals surface area contributed by atoms with Gasteiger partial charge in [0.05, 0.1) is 14.9 Å². The summed E-state index contributed by atoms with van der Waals surface area (Å²) in [5.41, 5.74) is 0.466. The standard InChI is InChI=1S/C15H14Cl3N3O3S/c16-10-1-4-12(5-2-10)25(23,24)20-8-7-19-15(22)21-11-3-6-13(17)14(18)9-11/h1-6,9,20H,7-8H2,(H2,19,21,22). The third-order valence-electron chi connectivity index (χ3n) is 3.00. The lowest BCUT2D eigenvalue weighted by atomic mass is 10.3. The number of urea groups is 1. The summed E-state index contributed by atoms with van der Waals surface area (Å²) in [4.78, 5) is 11.8. The maximum atomic E-state index is 12.0. The van der Waals surface area contributed by atoms with Gasteiger partial charge in [0.1, 0.15) is 0 Å². The quantitative estimate of drug-likeness (QED) is 0.620. The third kappa shape index (κ3) is 6.05. The van der Waals surface area contributed by atoms with E-state index in [0.717, 1.165) is 0 Å². The van der Waals surface area contributed by atoms with E-state index in [1.807, 2.05) is 0 Å². The van der Waals surface area contributed by atoms with E-state index in [0.29, 0.717) is 20.8 Å². The summed E-state index contributed by atoms with van der Waals surface area (Å²) in [6, 6.07) is 9.93. The van der Waals surface area contributed by atoms with Crippen LogP contribution in [0.25, 0.3) is 0 Å². The molecule has 2 aromatic rings. The zero-order valence-electron chi connectivity index (χ0n) is 12.7. The number of sulfonamides is 1. The van der Waals surface area contributed by atoms with Crippen molar-refractivity contribution >= 4 is 56.5 Å². The van der Waals surface area contributed by atoms with E-state index in [9.17, 15) is 13.2 Å². The van der Waals surface area contributed by atoms with Crippen molar-refractivity contribution in [3.63, 3.8) is 0 Å². The highest BCUT2D eigenvalue weighted by atomic mass is 35.5. The number of rotatable bonds is 6. The minimum atomic E-state index is -3.66. The van der Waals surface area contributed by atoms with Gasteiger partial charge in [0, 0.05) is 23.8 Å². The van der Waals surface area contributed by atoms with Gasteiger partial charge in [-0.25, -0.2) is 17.9 Å². The molecule has 0 unspecified atom stereocenters. The Kier molecular flexibility index (Phi) is 6.92. The van der Waals surface area contributed by atoms with Crippen LogP contribution in [0.1, 0.15) is 0 Å². The van der Waals surface area contributed by atoms with Crippen LogP contribution in [0.2, 0.25) is 15.1 Å². The van der Waals surface area contributed by atoms with Gasteiger partial charge in [0.15, 0.2) is 0 Å². The van der Waals surface area contributed by atoms with Gasteiger partial charge in [0.2, 0.25) is 10.0 Å². The van der Waals surface area contributed by atoms with Crippen LogP contribution in [0, 0.1) is 0 Å². The molecule has 2 rings (SSSR count). The van der Waals surface area contributed by atoms with Crippen LogP contribution in [0.15, 0.2) is 47.4 Å². The summed E-state index contributed by atoms with van der Waals surface area (Å²) in [5, 5.41) is 6.22. The lowest BCUT2D eigenvalue weighted by Gasteiger charge is -2.10. The highest BCUT2D eigenvalue weighted by Gasteiger charge is 2.13. The molecular formula is C15H14Cl3N3O3S. The summed E-state index contributed by atoms with van der Waals surface area (Å²) < 4.78 is 26.5. The molecule has 0 atom stereocenters. The van der Waals surface area contributed by atoms with Crippen molar-refractivity contribution in [3.8, 4) is 0 Å². The molecular weight excluding hydrogens is 409 g/mol. The summed E-state index contributed by atoms with van der Waals surface area (Å²) in [6.07, 6.45) is 0. The van der Waals surface area contributed by atoms with E-state index in [1.165, 1.54) is 30.3 Å². The van der Waals surface area contributed by atoms with Gasteiger partial charge in [-0.05, 0) is 42.5 Å². The fraction of sp³-hybridized carbons (Fsp3) is 0.133. The average molecular weight is 423 g/mol. The second kappa shape index (κ2) is 8.73. The summed E-state index contributed by atoms with van der Waals surface area (Å²) in [5.74, 6) is 0. The topological polar surface area (TPSA) is 87.3 Å². The molecule has 0 radical (unpaired) electrons. The fourth-order valence-electron chi connectivity index (χ4n) is 1.81. The molecule has 134 valence electrons. The first-order valence-electron chi connectivity index (χ1n) is 7.03. The van der Waals surface area contributed by atoms with Crippen LogP contribution in [-0.2, 0) is 10.0 Å². The molecule has 0 aromatic heterocycles. The number of benzene rings is 2. The molecule has 3 N–H and O–H groups in total. The molecule has 2 amide bonds. The Balaban J connectivity index is 1.79. The van der Waals surface area contributed by atoms with E-state index in [2.05, 4.69) is 15.4 Å². The zero-order chi connectivity index (χ0) is 18.4. The summed E-state index contributed by atoms with van der Waals surface area (Å²) in [6.45, 7) is 0.125. The van der Waals surface area contributed by atoms with Crippen LogP contribution in [0.4, 0.5) is 10.5 Å². The van der Waals surface area contributed by atoms with Crippen LogP contribution >= 0.6 is 34.8 Å². The molecule has 2 aromatic carbocycles. The first-order chi connectivity index (χ1) is 11.8. The number of carbonyl (C=O) groups is 1. The highest BCUT2D eigenvalue weighted by molar-refractivity contribution is 7.89. The largest absolute Gasteiger partial charge is 0.337 e. The number of halogens is 3. The van der Waals surface area contributed by atoms with Gasteiger partial charge in [-0.3, -0.25) is 0 Å². The van der Waals surface area contributed by atoms with Gasteiger partial charge >= 0.3 is 6.03 Å². The second-order valence-electron chi connectivity index (χ2n) is 4.86. The Labute approximate surface area is 160 Å². The van der Waals surface area contributed by atoms with E-state index in [1.54, 1.807) is 12.1 Å². The van der Waals surface area contributed by atoms with Crippen molar-refractivity contribution in [2.24, 2.45) is 0 Å². The van der Waals surface area contributed by atoms with Gasteiger partial charge in [0.25, 0.3) is 0 Å². The minimum Gasteiger partial charge on any atom is -0.337 e. The minimum absolute atomic E-state index is 0.0275. The van der Waals surface area contributed by atoms with Crippen molar-refractivity contribution in [1.82, 2.24) is 10.0 Å². The number of hydrogen-bond donors (Lipinski definition) is 3. The first-order valence-corrected chi connectivity index (χ1v) is 9.65. The highest BCUT2D eigenvalue weighted by Crippen LogP contribution is 2.24. The van der Waals surface area contributed by atoms with Crippen molar-refractivity contribution < 1.29 is 13.2 Å². The fourth-order valence-corrected chi connectivity index (χ4v) is 3.26. The number of anilines is 1. The summed E-state index contributed by atoms with van der Waals surface area (Å²) in [7, 11) is -3.66. The molecule has 0 saturated heterocycles. The second-order valence-corrected chi connectivity index (χ2v) is 7.88. The summed E-state index contributed by atoms with van der Waals surface area (Å²) >= 11 is 17.4. The molecule has 0 bridgehead atoms. The molecule has 0 saturated carbocycles. The SMILES string of the molecule is O=C(NCCNS(=O)(=O)c1ccc(Cl)cc1)Nc1ccc(Cl)c(Cl)c1. The molecule has 0 heterocycles. The number of amides is 2. The Morgan fingerprint density at radius 3 is 2.24 bits per heavy atom. The molecule has 10 heteroatoms. The predicted molar refractivity (Wildman–Crippen MR) is 100 cm³/mol. The first kappa shape index (κ1) is 19.8.